The van der Waals surface area contributed by atoms with Gasteiger partial charge in [0, 0.05) is 13.5 Å². The summed E-state index contributed by atoms with van der Waals surface area (Å²) in [7, 11) is 1.36. The van der Waals surface area contributed by atoms with Crippen molar-refractivity contribution in [3.8, 4) is 0 Å². The minimum Gasteiger partial charge on any atom is -0.368 e. The maximum absolute atomic E-state index is 13.0. The third-order valence-electron chi connectivity index (χ3n) is 3.14. The number of carbonyl (C=O) groups is 2. The maximum atomic E-state index is 13.0. The molecular formula is C12H12FN3O4. The number of nitrogens with zero attached hydrogens (tertiary/aromatic N) is 2. The van der Waals surface area contributed by atoms with E-state index in [0.717, 1.165) is 17.0 Å². The summed E-state index contributed by atoms with van der Waals surface area (Å²) >= 11 is 0. The first kappa shape index (κ1) is 13.9. The first-order valence-corrected chi connectivity index (χ1v) is 5.91. The number of hydrogen-bond donors (Lipinski definition) is 1. The van der Waals surface area contributed by atoms with Crippen LogP contribution in [0.3, 0.4) is 0 Å². The molecule has 1 aromatic carbocycles. The molecule has 7 nitrogen and oxygen atoms in total. The van der Waals surface area contributed by atoms with Gasteiger partial charge in [-0.05, 0) is 18.6 Å². The largest absolute Gasteiger partial charge is 0.368 e. The van der Waals surface area contributed by atoms with Crippen LogP contribution in [0.15, 0.2) is 18.2 Å². The van der Waals surface area contributed by atoms with Crippen LogP contribution in [0.25, 0.3) is 0 Å². The van der Waals surface area contributed by atoms with Gasteiger partial charge >= 0.3 is 0 Å². The highest BCUT2D eigenvalue weighted by molar-refractivity contribution is 6.01. The summed E-state index contributed by atoms with van der Waals surface area (Å²) in [6, 6.07) is 2.32. The van der Waals surface area contributed by atoms with Crippen LogP contribution in [-0.2, 0) is 9.59 Å². The van der Waals surface area contributed by atoms with Gasteiger partial charge in [0.1, 0.15) is 17.5 Å². The van der Waals surface area contributed by atoms with Crippen molar-refractivity contribution in [2.45, 2.75) is 18.9 Å². The molecule has 106 valence electrons. The lowest BCUT2D eigenvalue weighted by Crippen LogP contribution is -2.48. The van der Waals surface area contributed by atoms with E-state index >= 15 is 0 Å². The van der Waals surface area contributed by atoms with Crippen molar-refractivity contribution in [1.29, 1.82) is 0 Å². The Hall–Kier alpha value is -2.51. The number of imide groups is 1. The number of piperidine rings is 1. The third kappa shape index (κ3) is 2.58. The summed E-state index contributed by atoms with van der Waals surface area (Å²) in [6.45, 7) is 0. The lowest BCUT2D eigenvalue weighted by atomic mass is 10.0. The summed E-state index contributed by atoms with van der Waals surface area (Å²) < 4.78 is 13.0. The number of rotatable bonds is 3. The second-order valence-corrected chi connectivity index (χ2v) is 4.45. The molecule has 0 spiro atoms. The molecule has 0 bridgehead atoms. The molecule has 20 heavy (non-hydrogen) atoms. The van der Waals surface area contributed by atoms with Crippen molar-refractivity contribution in [2.75, 3.05) is 12.4 Å². The van der Waals surface area contributed by atoms with Crippen molar-refractivity contribution in [3.05, 3.63) is 34.1 Å². The number of carbonyl (C=O) groups excluding carboxylic acids is 2. The average Bonchev–Trinajstić information content (AvgIpc) is 2.41. The van der Waals surface area contributed by atoms with Gasteiger partial charge in [0.05, 0.1) is 11.0 Å². The number of likely N-dealkylation sites (N-methyl/N-ethyl adjacent to an activating group) is 1. The molecule has 0 radical (unpaired) electrons. The van der Waals surface area contributed by atoms with E-state index in [0.29, 0.717) is 0 Å². The molecule has 0 aliphatic carbocycles. The molecule has 0 saturated carbocycles. The fraction of sp³-hybridized carbons (Fsp3) is 0.333. The van der Waals surface area contributed by atoms with Crippen LogP contribution in [0.4, 0.5) is 15.8 Å². The zero-order valence-corrected chi connectivity index (χ0v) is 10.6. The second-order valence-electron chi connectivity index (χ2n) is 4.45. The molecule has 0 aromatic heterocycles. The van der Waals surface area contributed by atoms with Gasteiger partial charge < -0.3 is 5.32 Å². The third-order valence-corrected chi connectivity index (χ3v) is 3.14. The number of hydrogen-bond acceptors (Lipinski definition) is 5. The lowest BCUT2D eigenvalue weighted by molar-refractivity contribution is -0.384. The summed E-state index contributed by atoms with van der Waals surface area (Å²) in [5, 5.41) is 13.6. The molecule has 1 heterocycles. The van der Waals surface area contributed by atoms with Crippen LogP contribution < -0.4 is 5.32 Å². The highest BCUT2D eigenvalue weighted by Gasteiger charge is 2.32. The first-order valence-electron chi connectivity index (χ1n) is 5.91. The topological polar surface area (TPSA) is 92.6 Å². The molecule has 2 rings (SSSR count). The SMILES string of the molecule is CN1C(=O)CCC(Nc2ccc(F)cc2[N+](=O)[O-])C1=O. The molecule has 2 amide bonds. The predicted octanol–water partition coefficient (Wildman–Crippen LogP) is 1.29. The van der Waals surface area contributed by atoms with Crippen LogP contribution in [0.2, 0.25) is 0 Å². The van der Waals surface area contributed by atoms with Crippen molar-refractivity contribution >= 4 is 23.2 Å². The standard InChI is InChI=1S/C12H12FN3O4/c1-15-11(17)5-4-9(12(15)18)14-8-3-2-7(13)6-10(8)16(19)20/h2-3,6,9,14H,4-5H2,1H3. The van der Waals surface area contributed by atoms with Gasteiger partial charge in [-0.3, -0.25) is 24.6 Å². The zero-order chi connectivity index (χ0) is 14.9. The molecule has 1 aliphatic rings. The van der Waals surface area contributed by atoms with E-state index in [2.05, 4.69) is 5.32 Å². The van der Waals surface area contributed by atoms with Crippen LogP contribution in [0.1, 0.15) is 12.8 Å². The van der Waals surface area contributed by atoms with Gasteiger partial charge in [-0.2, -0.15) is 0 Å². The molecular weight excluding hydrogens is 269 g/mol. The number of nitro benzene ring substituents is 1. The predicted molar refractivity (Wildman–Crippen MR) is 67.5 cm³/mol. The Morgan fingerprint density at radius 2 is 2.15 bits per heavy atom. The highest BCUT2D eigenvalue weighted by Crippen LogP contribution is 2.27. The Balaban J connectivity index is 2.24. The summed E-state index contributed by atoms with van der Waals surface area (Å²) in [5.41, 5.74) is -0.394. The van der Waals surface area contributed by atoms with Crippen LogP contribution in [-0.4, -0.2) is 34.7 Å². The number of nitrogens with one attached hydrogen (secondary N) is 1. The number of amides is 2. The normalized spacial score (nSPS) is 19.1. The molecule has 1 fully saturated rings. The Morgan fingerprint density at radius 3 is 2.80 bits per heavy atom. The number of nitro groups is 1. The number of benzene rings is 1. The Morgan fingerprint density at radius 1 is 1.45 bits per heavy atom. The first-order chi connectivity index (χ1) is 9.40. The van der Waals surface area contributed by atoms with E-state index in [1.54, 1.807) is 0 Å². The summed E-state index contributed by atoms with van der Waals surface area (Å²) in [5.74, 6) is -1.48. The molecule has 1 N–H and O–H groups in total. The molecule has 1 aromatic rings. The number of halogens is 1. The van der Waals surface area contributed by atoms with Crippen LogP contribution >= 0.6 is 0 Å². The van der Waals surface area contributed by atoms with E-state index in [4.69, 9.17) is 0 Å². The van der Waals surface area contributed by atoms with E-state index in [1.807, 2.05) is 0 Å². The van der Waals surface area contributed by atoms with E-state index in [1.165, 1.54) is 13.1 Å². The molecule has 1 saturated heterocycles. The number of anilines is 1. The van der Waals surface area contributed by atoms with Crippen molar-refractivity contribution in [1.82, 2.24) is 4.90 Å². The van der Waals surface area contributed by atoms with Crippen molar-refractivity contribution in [3.63, 3.8) is 0 Å². The Kier molecular flexibility index (Phi) is 3.64. The average molecular weight is 281 g/mol. The van der Waals surface area contributed by atoms with E-state index in [-0.39, 0.29) is 24.4 Å². The molecule has 1 aliphatic heterocycles. The van der Waals surface area contributed by atoms with Gasteiger partial charge in [-0.15, -0.1) is 0 Å². The van der Waals surface area contributed by atoms with E-state index in [9.17, 15) is 24.1 Å². The van der Waals surface area contributed by atoms with Gasteiger partial charge in [0.25, 0.3) is 11.6 Å². The summed E-state index contributed by atoms with van der Waals surface area (Å²) in [6.07, 6.45) is 0.422. The quantitative estimate of drug-likeness (QED) is 0.512. The van der Waals surface area contributed by atoms with Crippen molar-refractivity contribution < 1.29 is 18.9 Å². The molecule has 1 unspecified atom stereocenters. The van der Waals surface area contributed by atoms with Gasteiger partial charge in [-0.25, -0.2) is 4.39 Å². The maximum Gasteiger partial charge on any atom is 0.295 e. The second kappa shape index (κ2) is 5.24. The number of likely N-dealkylation sites (tertiary alicyclic amines) is 1. The fourth-order valence-corrected chi connectivity index (χ4v) is 2.02. The fourth-order valence-electron chi connectivity index (χ4n) is 2.02. The molecule has 1 atom stereocenters. The summed E-state index contributed by atoms with van der Waals surface area (Å²) in [4.78, 5) is 34.3. The van der Waals surface area contributed by atoms with Crippen molar-refractivity contribution in [2.24, 2.45) is 0 Å². The molecule has 8 heteroatoms. The Labute approximate surface area is 113 Å². The smallest absolute Gasteiger partial charge is 0.295 e. The minimum atomic E-state index is -0.734. The monoisotopic (exact) mass is 281 g/mol. The van der Waals surface area contributed by atoms with Crippen LogP contribution in [0, 0.1) is 15.9 Å². The highest BCUT2D eigenvalue weighted by atomic mass is 19.1. The lowest BCUT2D eigenvalue weighted by Gasteiger charge is -2.28. The Bertz CT molecular complexity index is 590. The minimum absolute atomic E-state index is 0.0532. The zero-order valence-electron chi connectivity index (χ0n) is 10.6. The van der Waals surface area contributed by atoms with Gasteiger partial charge in [-0.1, -0.05) is 0 Å². The van der Waals surface area contributed by atoms with Gasteiger partial charge in [0.2, 0.25) is 5.91 Å². The van der Waals surface area contributed by atoms with E-state index < -0.39 is 28.4 Å². The van der Waals surface area contributed by atoms with Gasteiger partial charge in [0.15, 0.2) is 0 Å². The van der Waals surface area contributed by atoms with Crippen LogP contribution in [0.5, 0.6) is 0 Å².